The van der Waals surface area contributed by atoms with Crippen LogP contribution in [0.3, 0.4) is 0 Å². The van der Waals surface area contributed by atoms with Crippen molar-refractivity contribution >= 4 is 44.9 Å². The van der Waals surface area contributed by atoms with E-state index in [1.165, 1.54) is 11.0 Å². The number of rotatable bonds is 3. The van der Waals surface area contributed by atoms with E-state index in [-0.39, 0.29) is 44.7 Å². The van der Waals surface area contributed by atoms with Gasteiger partial charge in [-0.15, -0.1) is 0 Å². The van der Waals surface area contributed by atoms with Crippen LogP contribution < -0.4 is 20.1 Å². The van der Waals surface area contributed by atoms with E-state index in [4.69, 9.17) is 9.47 Å². The summed E-state index contributed by atoms with van der Waals surface area (Å²) in [5, 5.41) is 4.66. The number of aromatic nitrogens is 2. The summed E-state index contributed by atoms with van der Waals surface area (Å²) in [5.41, 5.74) is -0.175. The second-order valence-electron chi connectivity index (χ2n) is 14.5. The molecule has 1 saturated heterocycles. The lowest BCUT2D eigenvalue weighted by Crippen LogP contribution is -2.55. The quantitative estimate of drug-likeness (QED) is 0.393. The van der Waals surface area contributed by atoms with Crippen LogP contribution in [0.4, 0.5) is 13.6 Å². The van der Waals surface area contributed by atoms with E-state index in [9.17, 15) is 36.4 Å². The molecule has 4 heterocycles. The largest absolute Gasteiger partial charge is 0.470 e. The second-order valence-corrected chi connectivity index (χ2v) is 16.4. The van der Waals surface area contributed by atoms with Crippen LogP contribution in [-0.2, 0) is 35.6 Å². The average molecular weight is 757 g/mol. The molecular weight excluding hydrogens is 714 g/mol. The van der Waals surface area contributed by atoms with Crippen LogP contribution in [0.25, 0.3) is 11.0 Å². The number of allylic oxidation sites excluding steroid dienone is 2. The summed E-state index contributed by atoms with van der Waals surface area (Å²) >= 11 is 0. The Bertz CT molecular complexity index is 1960. The van der Waals surface area contributed by atoms with Gasteiger partial charge in [-0.05, 0) is 69.6 Å². The molecule has 2 aromatic rings. The number of nitrogens with one attached hydrogen (secondary N) is 3. The lowest BCUT2D eigenvalue weighted by atomic mass is 10.0. The molecule has 17 heteroatoms. The minimum atomic E-state index is -3.92. The Morgan fingerprint density at radius 2 is 1.75 bits per heavy atom. The summed E-state index contributed by atoms with van der Waals surface area (Å²) in [7, 11) is -3.92. The van der Waals surface area contributed by atoms with Crippen LogP contribution in [0.15, 0.2) is 48.6 Å². The number of carbonyl (C=O) groups excluding carboxylic acids is 4. The van der Waals surface area contributed by atoms with Gasteiger partial charge in [0.25, 0.3) is 11.8 Å². The summed E-state index contributed by atoms with van der Waals surface area (Å²) in [6, 6.07) is 5.86. The zero-order valence-electron chi connectivity index (χ0n) is 29.0. The molecule has 0 radical (unpaired) electrons. The van der Waals surface area contributed by atoms with E-state index in [0.29, 0.717) is 61.3 Å². The van der Waals surface area contributed by atoms with E-state index in [1.54, 1.807) is 24.3 Å². The standard InChI is InChI=1S/C36H42F2N6O8S/c37-35(38)17-9-8-13-27-31(40-26-12-7-6-11-25(26)39-27)52-29-20-44-19-24(29)30(45)42-36(33(47)43-53(49,50)23-15-16-23)18-22(36)10-4-2-1-3-5-14-28(32(44)46)41-34(48)51-21-35/h4,6-7,9-12,17,22-24,28-29H,1-3,5,8,13-16,18-21H2,(H,41,48)(H,42,45)(H,43,47)/b10-4+,17-9+/t22-,24?,28+,29+,36-/m1/s1. The summed E-state index contributed by atoms with van der Waals surface area (Å²) in [4.78, 5) is 65.6. The smallest absolute Gasteiger partial charge is 0.408 e. The maximum Gasteiger partial charge on any atom is 0.408 e. The van der Waals surface area contributed by atoms with Crippen molar-refractivity contribution in [3.8, 4) is 5.88 Å². The van der Waals surface area contributed by atoms with E-state index >= 15 is 0 Å². The fraction of sp³-hybridized carbons (Fsp3) is 0.556. The number of aryl methyl sites for hydroxylation is 1. The highest BCUT2D eigenvalue weighted by atomic mass is 32.2. The van der Waals surface area contributed by atoms with Gasteiger partial charge in [0.15, 0.2) is 6.61 Å². The molecule has 5 aliphatic rings. The Hall–Kier alpha value is -4.67. The van der Waals surface area contributed by atoms with Crippen LogP contribution in [0.5, 0.6) is 5.88 Å². The molecule has 284 valence electrons. The number of alkyl halides is 2. The Balaban J connectivity index is 1.25. The van der Waals surface area contributed by atoms with Gasteiger partial charge in [0, 0.05) is 12.5 Å². The number of alkyl carbamates (subject to hydrolysis) is 1. The van der Waals surface area contributed by atoms with Crippen molar-refractivity contribution in [1.29, 1.82) is 0 Å². The van der Waals surface area contributed by atoms with Gasteiger partial charge in [0.05, 0.1) is 28.7 Å². The van der Waals surface area contributed by atoms with Gasteiger partial charge in [0.1, 0.15) is 23.4 Å². The van der Waals surface area contributed by atoms with Crippen molar-refractivity contribution in [2.45, 2.75) is 93.1 Å². The highest BCUT2D eigenvalue weighted by Crippen LogP contribution is 2.46. The fourth-order valence-corrected chi connectivity index (χ4v) is 8.48. The number of benzene rings is 1. The van der Waals surface area contributed by atoms with Crippen molar-refractivity contribution in [2.75, 3.05) is 19.7 Å². The number of carbonyl (C=O) groups is 4. The lowest BCUT2D eigenvalue weighted by molar-refractivity contribution is -0.134. The van der Waals surface area contributed by atoms with Crippen LogP contribution in [0.1, 0.15) is 63.5 Å². The predicted octanol–water partition coefficient (Wildman–Crippen LogP) is 3.07. The van der Waals surface area contributed by atoms with Gasteiger partial charge >= 0.3 is 6.09 Å². The van der Waals surface area contributed by atoms with Gasteiger partial charge in [-0.25, -0.2) is 23.2 Å². The number of para-hydroxylation sites is 2. The van der Waals surface area contributed by atoms with Crippen molar-refractivity contribution in [3.05, 3.63) is 54.3 Å². The summed E-state index contributed by atoms with van der Waals surface area (Å²) < 4.78 is 68.5. The number of fused-ring (bicyclic) bond motifs is 7. The van der Waals surface area contributed by atoms with Gasteiger partial charge in [-0.2, -0.15) is 8.78 Å². The molecule has 4 amide bonds. The van der Waals surface area contributed by atoms with Crippen molar-refractivity contribution in [1.82, 2.24) is 30.2 Å². The van der Waals surface area contributed by atoms with Gasteiger partial charge in [-0.1, -0.05) is 43.2 Å². The van der Waals surface area contributed by atoms with Gasteiger partial charge in [-0.3, -0.25) is 19.1 Å². The zero-order valence-corrected chi connectivity index (χ0v) is 29.8. The normalized spacial score (nSPS) is 30.8. The van der Waals surface area contributed by atoms with E-state index in [1.807, 2.05) is 12.2 Å². The molecule has 14 nitrogen and oxygen atoms in total. The molecule has 3 aliphatic heterocycles. The molecule has 0 spiro atoms. The van der Waals surface area contributed by atoms with Crippen molar-refractivity contribution < 1.29 is 45.9 Å². The maximum absolute atomic E-state index is 14.7. The Labute approximate surface area is 305 Å². The highest BCUT2D eigenvalue weighted by molar-refractivity contribution is 7.91. The summed E-state index contributed by atoms with van der Waals surface area (Å²) in [6.45, 7) is -1.54. The molecule has 1 aromatic heterocycles. The molecule has 1 aromatic carbocycles. The van der Waals surface area contributed by atoms with E-state index in [2.05, 4.69) is 25.3 Å². The topological polar surface area (TPSA) is 186 Å². The first kappa shape index (κ1) is 36.7. The summed E-state index contributed by atoms with van der Waals surface area (Å²) in [5.74, 6) is -6.95. The fourth-order valence-electron chi connectivity index (χ4n) is 7.12. The third-order valence-corrected chi connectivity index (χ3v) is 12.2. The predicted molar refractivity (Wildman–Crippen MR) is 186 cm³/mol. The van der Waals surface area contributed by atoms with E-state index in [0.717, 1.165) is 0 Å². The van der Waals surface area contributed by atoms with Crippen molar-refractivity contribution in [2.24, 2.45) is 11.8 Å². The number of nitrogens with zero attached hydrogens (tertiary/aromatic N) is 3. The summed E-state index contributed by atoms with van der Waals surface area (Å²) in [6.07, 6.45) is 7.38. The number of hydrogen-bond donors (Lipinski definition) is 3. The first-order valence-electron chi connectivity index (χ1n) is 18.1. The average Bonchev–Trinajstić information content (AvgIpc) is 4.04. The number of sulfonamides is 1. The van der Waals surface area contributed by atoms with Crippen LogP contribution >= 0.6 is 0 Å². The lowest BCUT2D eigenvalue weighted by Gasteiger charge is -2.25. The third kappa shape index (κ3) is 8.29. The van der Waals surface area contributed by atoms with Crippen LogP contribution in [-0.4, -0.2) is 95.7 Å². The highest BCUT2D eigenvalue weighted by Gasteiger charge is 2.62. The molecule has 3 fully saturated rings. The Kier molecular flexibility index (Phi) is 10.1. The maximum atomic E-state index is 14.7. The number of ether oxygens (including phenoxy) is 2. The number of amides is 4. The van der Waals surface area contributed by atoms with Crippen LogP contribution in [0, 0.1) is 11.8 Å². The Morgan fingerprint density at radius 3 is 2.53 bits per heavy atom. The number of hydrogen-bond acceptors (Lipinski definition) is 10. The molecule has 2 saturated carbocycles. The minimum absolute atomic E-state index is 0.0552. The molecule has 4 bridgehead atoms. The molecule has 7 rings (SSSR count). The molecule has 53 heavy (non-hydrogen) atoms. The third-order valence-electron chi connectivity index (χ3n) is 10.4. The second kappa shape index (κ2) is 14.6. The monoisotopic (exact) mass is 756 g/mol. The molecular formula is C36H42F2N6O8S. The molecule has 1 unspecified atom stereocenters. The van der Waals surface area contributed by atoms with Gasteiger partial charge < -0.3 is 25.0 Å². The SMILES string of the molecule is O=C1N[C@H]2CCCCC/C=C/[C@@H]3C[C@@]3(C(=O)NS(=O)(=O)C3CC3)NC(=O)C3CN(C[C@@H]3Oc3nc4ccccc4nc3CC/C=C/C(F)(F)CO1)C2=O. The number of cyclic esters (lactones) is 1. The first-order valence-corrected chi connectivity index (χ1v) is 19.6. The van der Waals surface area contributed by atoms with Crippen LogP contribution in [0.2, 0.25) is 0 Å². The van der Waals surface area contributed by atoms with E-state index < -0.39 is 81.1 Å². The molecule has 3 N–H and O–H groups in total. The first-order chi connectivity index (χ1) is 25.3. The van der Waals surface area contributed by atoms with Gasteiger partial charge in [0.2, 0.25) is 27.7 Å². The Morgan fingerprint density at radius 1 is 0.981 bits per heavy atom. The zero-order chi connectivity index (χ0) is 37.4. The minimum Gasteiger partial charge on any atom is -0.470 e. The molecule has 2 aliphatic carbocycles. The van der Waals surface area contributed by atoms with Crippen molar-refractivity contribution in [3.63, 3.8) is 0 Å². The molecule has 5 atom stereocenters. The number of halogens is 2.